The molecule has 0 aliphatic carbocycles. The van der Waals surface area contributed by atoms with Gasteiger partial charge in [0.05, 0.1) is 0 Å². The number of aliphatic hydroxyl groups is 2. The van der Waals surface area contributed by atoms with E-state index in [2.05, 4.69) is 6.92 Å². The Morgan fingerprint density at radius 2 is 1.22 bits per heavy atom. The molecule has 1 fully saturated rings. The van der Waals surface area contributed by atoms with Crippen LogP contribution in [0.3, 0.4) is 0 Å². The van der Waals surface area contributed by atoms with Crippen molar-refractivity contribution in [3.05, 3.63) is 0 Å². The third-order valence-corrected chi connectivity index (χ3v) is 3.78. The first-order chi connectivity index (χ1) is 8.69. The fourth-order valence-corrected chi connectivity index (χ4v) is 2.38. The topological polar surface area (TPSA) is 53.0 Å². The van der Waals surface area contributed by atoms with Gasteiger partial charge in [-0.25, -0.2) is 0 Å². The smallest absolute Gasteiger partial charge is 0.220 e. The summed E-state index contributed by atoms with van der Waals surface area (Å²) in [7, 11) is 0. The Labute approximate surface area is 112 Å². The molecule has 0 aromatic heterocycles. The van der Waals surface area contributed by atoms with Crippen molar-refractivity contribution in [1.29, 1.82) is 0 Å². The van der Waals surface area contributed by atoms with E-state index in [9.17, 15) is 5.11 Å². The summed E-state index contributed by atoms with van der Waals surface area (Å²) in [6.07, 6.45) is 13.9. The number of epoxide rings is 1. The number of hydrogen-bond acceptors (Lipinski definition) is 3. The van der Waals surface area contributed by atoms with Crippen molar-refractivity contribution in [3.63, 3.8) is 0 Å². The number of ether oxygens (including phenoxy) is 1. The lowest BCUT2D eigenvalue weighted by Gasteiger charge is -2.04. The van der Waals surface area contributed by atoms with E-state index >= 15 is 0 Å². The second-order valence-electron chi connectivity index (χ2n) is 5.60. The first-order valence-corrected chi connectivity index (χ1v) is 7.77. The van der Waals surface area contributed by atoms with Crippen LogP contribution in [-0.2, 0) is 4.74 Å². The van der Waals surface area contributed by atoms with Crippen LogP contribution in [0.15, 0.2) is 0 Å². The Morgan fingerprint density at radius 1 is 0.833 bits per heavy atom. The summed E-state index contributed by atoms with van der Waals surface area (Å²) in [6, 6.07) is 0. The Bertz CT molecular complexity index is 208. The largest absolute Gasteiger partial charge is 0.364 e. The quantitative estimate of drug-likeness (QED) is 0.414. The van der Waals surface area contributed by atoms with Crippen LogP contribution in [-0.4, -0.2) is 22.3 Å². The van der Waals surface area contributed by atoms with Crippen LogP contribution in [0.2, 0.25) is 0 Å². The van der Waals surface area contributed by atoms with Crippen LogP contribution in [0.4, 0.5) is 0 Å². The molecule has 3 heteroatoms. The lowest BCUT2D eigenvalue weighted by molar-refractivity contribution is 0.0252. The van der Waals surface area contributed by atoms with Crippen LogP contribution < -0.4 is 0 Å². The summed E-state index contributed by atoms with van der Waals surface area (Å²) in [6.45, 7) is 2.25. The molecule has 0 bridgehead atoms. The van der Waals surface area contributed by atoms with Gasteiger partial charge >= 0.3 is 0 Å². The van der Waals surface area contributed by atoms with E-state index in [0.29, 0.717) is 6.42 Å². The van der Waals surface area contributed by atoms with Gasteiger partial charge in [0.1, 0.15) is 0 Å². The number of unbranched alkanes of at least 4 members (excludes halogenated alkanes) is 10. The average Bonchev–Trinajstić information content (AvgIpc) is 2.94. The minimum absolute atomic E-state index is 0.575. The maximum Gasteiger partial charge on any atom is 0.220 e. The van der Waals surface area contributed by atoms with E-state index < -0.39 is 12.1 Å². The second-order valence-corrected chi connectivity index (χ2v) is 5.60. The zero-order valence-corrected chi connectivity index (χ0v) is 11.9. The van der Waals surface area contributed by atoms with E-state index in [-0.39, 0.29) is 0 Å². The molecule has 1 saturated heterocycles. The lowest BCUT2D eigenvalue weighted by atomic mass is 10.0. The van der Waals surface area contributed by atoms with Gasteiger partial charge < -0.3 is 14.9 Å². The van der Waals surface area contributed by atoms with Crippen molar-refractivity contribution >= 4 is 0 Å². The average molecular weight is 258 g/mol. The number of hydrogen-bond donors (Lipinski definition) is 2. The standard InChI is InChI=1S/C15H30O3/c1-2-3-4-5-6-7-8-9-10-11-12-13-15(17)14(16)18-15/h14,16-17H,2-13H2,1H3. The fourth-order valence-electron chi connectivity index (χ4n) is 2.38. The Morgan fingerprint density at radius 3 is 1.61 bits per heavy atom. The van der Waals surface area contributed by atoms with Gasteiger partial charge in [-0.2, -0.15) is 0 Å². The fraction of sp³-hybridized carbons (Fsp3) is 1.00. The van der Waals surface area contributed by atoms with E-state index in [1.807, 2.05) is 0 Å². The summed E-state index contributed by atoms with van der Waals surface area (Å²) in [4.78, 5) is 0. The lowest BCUT2D eigenvalue weighted by Crippen LogP contribution is -2.13. The summed E-state index contributed by atoms with van der Waals surface area (Å²) in [5.41, 5.74) is 0. The molecular weight excluding hydrogens is 228 g/mol. The highest BCUT2D eigenvalue weighted by atomic mass is 16.8. The molecular formula is C15H30O3. The summed E-state index contributed by atoms with van der Waals surface area (Å²) in [5.74, 6) is -1.20. The van der Waals surface area contributed by atoms with Crippen LogP contribution in [0, 0.1) is 0 Å². The molecule has 2 N–H and O–H groups in total. The minimum Gasteiger partial charge on any atom is -0.364 e. The van der Waals surface area contributed by atoms with Crippen molar-refractivity contribution in [2.75, 3.05) is 0 Å². The normalized spacial score (nSPS) is 26.5. The molecule has 0 aromatic rings. The van der Waals surface area contributed by atoms with Crippen LogP contribution in [0.1, 0.15) is 84.0 Å². The van der Waals surface area contributed by atoms with E-state index in [1.165, 1.54) is 57.8 Å². The molecule has 108 valence electrons. The summed E-state index contributed by atoms with van der Waals surface area (Å²) < 4.78 is 4.71. The molecule has 1 aliphatic heterocycles. The van der Waals surface area contributed by atoms with Crippen molar-refractivity contribution < 1.29 is 14.9 Å². The second kappa shape index (κ2) is 8.89. The minimum atomic E-state index is -1.20. The van der Waals surface area contributed by atoms with Crippen molar-refractivity contribution in [1.82, 2.24) is 0 Å². The molecule has 3 nitrogen and oxygen atoms in total. The Kier molecular flexibility index (Phi) is 7.87. The first kappa shape index (κ1) is 15.9. The SMILES string of the molecule is CCCCCCCCCCCCCC1(O)OC1O. The zero-order chi connectivity index (χ0) is 13.3. The van der Waals surface area contributed by atoms with Crippen molar-refractivity contribution in [2.45, 2.75) is 96.1 Å². The van der Waals surface area contributed by atoms with Crippen LogP contribution in [0.5, 0.6) is 0 Å². The monoisotopic (exact) mass is 258 g/mol. The summed E-state index contributed by atoms with van der Waals surface area (Å²) >= 11 is 0. The molecule has 1 aliphatic rings. The Hall–Kier alpha value is -0.120. The van der Waals surface area contributed by atoms with E-state index in [4.69, 9.17) is 9.84 Å². The van der Waals surface area contributed by atoms with Gasteiger partial charge in [-0.1, -0.05) is 71.1 Å². The molecule has 1 heterocycles. The first-order valence-electron chi connectivity index (χ1n) is 7.77. The molecule has 0 saturated carbocycles. The Balaban J connectivity index is 1.71. The van der Waals surface area contributed by atoms with Gasteiger partial charge in [-0.15, -0.1) is 0 Å². The molecule has 0 amide bonds. The highest BCUT2D eigenvalue weighted by Gasteiger charge is 2.53. The molecule has 0 aromatic carbocycles. The van der Waals surface area contributed by atoms with Gasteiger partial charge in [-0.05, 0) is 6.42 Å². The van der Waals surface area contributed by atoms with Crippen LogP contribution >= 0.6 is 0 Å². The highest BCUT2D eigenvalue weighted by molar-refractivity contribution is 4.83. The molecule has 2 atom stereocenters. The third-order valence-electron chi connectivity index (χ3n) is 3.78. The molecule has 0 radical (unpaired) electrons. The highest BCUT2D eigenvalue weighted by Crippen LogP contribution is 2.36. The zero-order valence-electron chi connectivity index (χ0n) is 11.9. The molecule has 2 unspecified atom stereocenters. The maximum atomic E-state index is 9.47. The molecule has 18 heavy (non-hydrogen) atoms. The van der Waals surface area contributed by atoms with Crippen molar-refractivity contribution in [3.8, 4) is 0 Å². The number of rotatable bonds is 12. The number of aliphatic hydroxyl groups excluding tert-OH is 1. The van der Waals surface area contributed by atoms with Gasteiger partial charge in [-0.3, -0.25) is 0 Å². The van der Waals surface area contributed by atoms with E-state index in [1.54, 1.807) is 0 Å². The predicted molar refractivity (Wildman–Crippen MR) is 73.1 cm³/mol. The van der Waals surface area contributed by atoms with Gasteiger partial charge in [0, 0.05) is 6.42 Å². The van der Waals surface area contributed by atoms with Gasteiger partial charge in [0.15, 0.2) is 0 Å². The maximum absolute atomic E-state index is 9.47. The van der Waals surface area contributed by atoms with Crippen molar-refractivity contribution in [2.24, 2.45) is 0 Å². The summed E-state index contributed by atoms with van der Waals surface area (Å²) in [5, 5.41) is 18.4. The molecule has 1 rings (SSSR count). The van der Waals surface area contributed by atoms with Crippen LogP contribution in [0.25, 0.3) is 0 Å². The van der Waals surface area contributed by atoms with E-state index in [0.717, 1.165) is 12.8 Å². The molecule has 0 spiro atoms. The third kappa shape index (κ3) is 6.72. The van der Waals surface area contributed by atoms with Gasteiger partial charge in [0.25, 0.3) is 0 Å². The van der Waals surface area contributed by atoms with Gasteiger partial charge in [0.2, 0.25) is 12.1 Å². The predicted octanol–water partition coefficient (Wildman–Crippen LogP) is 3.72.